The number of carbonyl (C=O) groups is 3. The van der Waals surface area contributed by atoms with E-state index in [1.165, 1.54) is 47.4 Å². The third kappa shape index (κ3) is 4.55. The summed E-state index contributed by atoms with van der Waals surface area (Å²) in [6.07, 6.45) is -0.0198. The Hall–Kier alpha value is -3.20. The Morgan fingerprint density at radius 3 is 2.64 bits per heavy atom. The predicted molar refractivity (Wildman–Crippen MR) is 104 cm³/mol. The highest BCUT2D eigenvalue weighted by molar-refractivity contribution is 8.15. The molecule has 0 saturated carbocycles. The van der Waals surface area contributed by atoms with Crippen LogP contribution in [-0.2, 0) is 9.59 Å². The molecule has 2 N–H and O–H groups in total. The number of carboxylic acid groups (broad SMARTS) is 1. The molecule has 28 heavy (non-hydrogen) atoms. The van der Waals surface area contributed by atoms with Crippen LogP contribution in [0.15, 0.2) is 53.5 Å². The van der Waals surface area contributed by atoms with Crippen LogP contribution in [0.25, 0.3) is 0 Å². The molecule has 0 bridgehead atoms. The van der Waals surface area contributed by atoms with Crippen LogP contribution < -0.4 is 5.32 Å². The number of amidine groups is 1. The molecule has 1 aliphatic rings. The minimum Gasteiger partial charge on any atom is -0.478 e. The highest BCUT2D eigenvalue weighted by atomic mass is 32.2. The summed E-state index contributed by atoms with van der Waals surface area (Å²) >= 11 is 1.11. The van der Waals surface area contributed by atoms with Crippen molar-refractivity contribution in [3.8, 4) is 0 Å². The highest BCUT2D eigenvalue weighted by Gasteiger charge is 2.34. The molecule has 1 aliphatic heterocycles. The fraction of sp³-hybridized carbons (Fsp3) is 0.158. The van der Waals surface area contributed by atoms with E-state index in [0.29, 0.717) is 16.5 Å². The van der Waals surface area contributed by atoms with Crippen molar-refractivity contribution in [2.45, 2.75) is 11.7 Å². The maximum atomic E-state index is 13.0. The van der Waals surface area contributed by atoms with Gasteiger partial charge >= 0.3 is 5.97 Å². The molecule has 0 aliphatic carbocycles. The molecule has 1 fully saturated rings. The number of carbonyl (C=O) groups excluding carboxylic acids is 2. The van der Waals surface area contributed by atoms with E-state index >= 15 is 0 Å². The van der Waals surface area contributed by atoms with E-state index in [-0.39, 0.29) is 17.9 Å². The van der Waals surface area contributed by atoms with Gasteiger partial charge in [0.1, 0.15) is 11.1 Å². The van der Waals surface area contributed by atoms with Crippen molar-refractivity contribution in [2.24, 2.45) is 4.99 Å². The summed E-state index contributed by atoms with van der Waals surface area (Å²) < 4.78 is 13.0. The second-order valence-corrected chi connectivity index (χ2v) is 7.18. The lowest BCUT2D eigenvalue weighted by Crippen LogP contribution is -2.43. The third-order valence-corrected chi connectivity index (χ3v) is 5.23. The number of halogens is 1. The number of amides is 2. The summed E-state index contributed by atoms with van der Waals surface area (Å²) in [4.78, 5) is 41.6. The lowest BCUT2D eigenvalue weighted by Gasteiger charge is -2.28. The number of benzene rings is 2. The van der Waals surface area contributed by atoms with Crippen LogP contribution in [0.1, 0.15) is 16.8 Å². The summed E-state index contributed by atoms with van der Waals surface area (Å²) in [7, 11) is 1.56. The Kier molecular flexibility index (Phi) is 5.74. The Bertz CT molecular complexity index is 962. The Morgan fingerprint density at radius 2 is 1.96 bits per heavy atom. The van der Waals surface area contributed by atoms with E-state index in [2.05, 4.69) is 10.3 Å². The molecule has 2 amide bonds. The van der Waals surface area contributed by atoms with Crippen molar-refractivity contribution in [1.29, 1.82) is 0 Å². The quantitative estimate of drug-likeness (QED) is 0.820. The zero-order valence-electron chi connectivity index (χ0n) is 14.8. The number of nitrogens with one attached hydrogen (secondary N) is 1. The first-order valence-electron chi connectivity index (χ1n) is 8.25. The number of hydrogen-bond donors (Lipinski definition) is 2. The van der Waals surface area contributed by atoms with Gasteiger partial charge in [-0.1, -0.05) is 17.8 Å². The average molecular weight is 401 g/mol. The topological polar surface area (TPSA) is 99.1 Å². The van der Waals surface area contributed by atoms with Crippen LogP contribution in [0.4, 0.5) is 15.8 Å². The second kappa shape index (κ2) is 8.22. The van der Waals surface area contributed by atoms with E-state index in [1.807, 2.05) is 0 Å². The molecule has 3 rings (SSSR count). The third-order valence-electron chi connectivity index (χ3n) is 3.99. The van der Waals surface area contributed by atoms with Crippen LogP contribution in [0.2, 0.25) is 0 Å². The van der Waals surface area contributed by atoms with Crippen molar-refractivity contribution in [3.63, 3.8) is 0 Å². The minimum atomic E-state index is -1.10. The first kappa shape index (κ1) is 19.6. The lowest BCUT2D eigenvalue weighted by atomic mass is 10.2. The molecule has 0 spiro atoms. The minimum absolute atomic E-state index is 0.0198. The van der Waals surface area contributed by atoms with E-state index in [1.54, 1.807) is 13.1 Å². The van der Waals surface area contributed by atoms with Crippen molar-refractivity contribution in [3.05, 3.63) is 59.9 Å². The van der Waals surface area contributed by atoms with Crippen molar-refractivity contribution in [1.82, 2.24) is 4.90 Å². The van der Waals surface area contributed by atoms with Gasteiger partial charge in [-0.3, -0.25) is 14.5 Å². The zero-order valence-corrected chi connectivity index (χ0v) is 15.6. The molecular formula is C19H16FN3O4S. The second-order valence-electron chi connectivity index (χ2n) is 6.01. The van der Waals surface area contributed by atoms with Crippen LogP contribution >= 0.6 is 11.8 Å². The standard InChI is InChI=1S/C19H16FN3O4S/c1-23-16(24)10-15(28-19(23)22-13-7-5-12(20)6-8-13)17(25)21-14-4-2-3-11(9-14)18(26)27/h2-9,15H,10H2,1H3,(H,21,25)(H,26,27)/t15-/m1/s1. The Labute approximate surface area is 164 Å². The van der Waals surface area contributed by atoms with Crippen LogP contribution in [0.5, 0.6) is 0 Å². The molecule has 0 unspecified atom stereocenters. The zero-order chi connectivity index (χ0) is 20.3. The van der Waals surface area contributed by atoms with Crippen LogP contribution in [0, 0.1) is 5.82 Å². The number of aliphatic imine (C=N–C) groups is 1. The summed E-state index contributed by atoms with van der Waals surface area (Å²) in [5.41, 5.74) is 0.830. The maximum Gasteiger partial charge on any atom is 0.335 e. The molecule has 144 valence electrons. The predicted octanol–water partition coefficient (Wildman–Crippen LogP) is 3.11. The van der Waals surface area contributed by atoms with Gasteiger partial charge < -0.3 is 10.4 Å². The number of rotatable bonds is 4. The van der Waals surface area contributed by atoms with Gasteiger partial charge in [0, 0.05) is 19.2 Å². The Morgan fingerprint density at radius 1 is 1.25 bits per heavy atom. The van der Waals surface area contributed by atoms with Crippen molar-refractivity contribution >= 4 is 46.1 Å². The number of hydrogen-bond acceptors (Lipinski definition) is 5. The van der Waals surface area contributed by atoms with Gasteiger partial charge in [-0.2, -0.15) is 0 Å². The number of carboxylic acids is 1. The fourth-order valence-electron chi connectivity index (χ4n) is 2.48. The Balaban J connectivity index is 1.77. The highest BCUT2D eigenvalue weighted by Crippen LogP contribution is 2.29. The molecular weight excluding hydrogens is 385 g/mol. The smallest absolute Gasteiger partial charge is 0.335 e. The van der Waals surface area contributed by atoms with Crippen molar-refractivity contribution < 1.29 is 23.9 Å². The summed E-state index contributed by atoms with van der Waals surface area (Å²) in [5, 5.41) is 11.3. The lowest BCUT2D eigenvalue weighted by molar-refractivity contribution is -0.128. The van der Waals surface area contributed by atoms with Gasteiger partial charge in [-0.15, -0.1) is 0 Å². The molecule has 1 heterocycles. The van der Waals surface area contributed by atoms with Gasteiger partial charge in [0.25, 0.3) is 0 Å². The van der Waals surface area contributed by atoms with Crippen LogP contribution in [0.3, 0.4) is 0 Å². The van der Waals surface area contributed by atoms with Gasteiger partial charge in [-0.25, -0.2) is 14.2 Å². The van der Waals surface area contributed by atoms with Crippen LogP contribution in [-0.4, -0.2) is 45.3 Å². The molecule has 0 aromatic heterocycles. The molecule has 7 nitrogen and oxygen atoms in total. The molecule has 2 aromatic carbocycles. The van der Waals surface area contributed by atoms with E-state index in [9.17, 15) is 18.8 Å². The van der Waals surface area contributed by atoms with Gasteiger partial charge in [0.05, 0.1) is 11.3 Å². The number of anilines is 1. The number of thioether (sulfide) groups is 1. The first-order chi connectivity index (χ1) is 13.3. The normalized spacial score (nSPS) is 18.2. The SMILES string of the molecule is CN1C(=O)C[C@H](C(=O)Nc2cccc(C(=O)O)c2)SC1=Nc1ccc(F)cc1. The fourth-order valence-corrected chi connectivity index (χ4v) is 3.54. The van der Waals surface area contributed by atoms with Gasteiger partial charge in [-0.05, 0) is 42.5 Å². The molecule has 0 radical (unpaired) electrons. The molecule has 9 heteroatoms. The molecule has 1 atom stereocenters. The number of nitrogens with zero attached hydrogens (tertiary/aromatic N) is 2. The summed E-state index contributed by atoms with van der Waals surface area (Å²) in [6, 6.07) is 11.3. The van der Waals surface area contributed by atoms with E-state index in [0.717, 1.165) is 11.8 Å². The summed E-state index contributed by atoms with van der Waals surface area (Å²) in [6.45, 7) is 0. The monoisotopic (exact) mass is 401 g/mol. The molecule has 2 aromatic rings. The maximum absolute atomic E-state index is 13.0. The average Bonchev–Trinajstić information content (AvgIpc) is 2.67. The number of aromatic carboxylic acids is 1. The van der Waals surface area contributed by atoms with Gasteiger partial charge in [0.2, 0.25) is 11.8 Å². The summed E-state index contributed by atoms with van der Waals surface area (Å²) in [5.74, 6) is -2.21. The van der Waals surface area contributed by atoms with E-state index < -0.39 is 22.9 Å². The molecule has 1 saturated heterocycles. The van der Waals surface area contributed by atoms with Gasteiger partial charge in [0.15, 0.2) is 5.17 Å². The first-order valence-corrected chi connectivity index (χ1v) is 9.13. The largest absolute Gasteiger partial charge is 0.478 e. The van der Waals surface area contributed by atoms with Crippen molar-refractivity contribution in [2.75, 3.05) is 12.4 Å². The van der Waals surface area contributed by atoms with E-state index in [4.69, 9.17) is 5.11 Å².